The van der Waals surface area contributed by atoms with E-state index in [0.717, 1.165) is 0 Å². The maximum Gasteiger partial charge on any atom is 0.165 e. The summed E-state index contributed by atoms with van der Waals surface area (Å²) in [6.07, 6.45) is 0.117. The molecule has 2 N–H and O–H groups in total. The van der Waals surface area contributed by atoms with Crippen molar-refractivity contribution in [2.24, 2.45) is 0 Å². The largest absolute Gasteiger partial charge is 0.392 e. The molecule has 1 aromatic heterocycles. The third-order valence-electron chi connectivity index (χ3n) is 2.10. The highest BCUT2D eigenvalue weighted by Crippen LogP contribution is 2.14. The van der Waals surface area contributed by atoms with Gasteiger partial charge in [0.25, 0.3) is 0 Å². The van der Waals surface area contributed by atoms with Crippen molar-refractivity contribution >= 4 is 11.6 Å². The van der Waals surface area contributed by atoms with Crippen molar-refractivity contribution in [1.29, 1.82) is 0 Å². The number of pyridine rings is 1. The summed E-state index contributed by atoms with van der Waals surface area (Å²) in [5, 5.41) is 11.7. The molecule has 0 radical (unpaired) electrons. The van der Waals surface area contributed by atoms with E-state index in [1.54, 1.807) is 0 Å². The molecule has 0 amide bonds. The second-order valence-corrected chi connectivity index (χ2v) is 3.74. The summed E-state index contributed by atoms with van der Waals surface area (Å²) in [7, 11) is 0. The van der Waals surface area contributed by atoms with Crippen LogP contribution in [0.25, 0.3) is 0 Å². The molecule has 16 heavy (non-hydrogen) atoms. The van der Waals surface area contributed by atoms with Gasteiger partial charge in [-0.25, -0.2) is 13.8 Å². The van der Waals surface area contributed by atoms with E-state index in [1.165, 1.54) is 0 Å². The lowest BCUT2D eigenvalue weighted by Gasteiger charge is -2.09. The topological polar surface area (TPSA) is 45.1 Å². The fourth-order valence-corrected chi connectivity index (χ4v) is 1.26. The molecule has 6 heteroatoms. The Labute approximate surface area is 97.5 Å². The summed E-state index contributed by atoms with van der Waals surface area (Å²) >= 11 is 5.42. The van der Waals surface area contributed by atoms with E-state index >= 15 is 0 Å². The van der Waals surface area contributed by atoms with Crippen LogP contribution >= 0.6 is 11.6 Å². The minimum Gasteiger partial charge on any atom is -0.392 e. The summed E-state index contributed by atoms with van der Waals surface area (Å²) in [5.41, 5.74) is 0.0368. The first kappa shape index (κ1) is 13.3. The Morgan fingerprint density at radius 2 is 2.19 bits per heavy atom. The average molecular weight is 251 g/mol. The van der Waals surface area contributed by atoms with Crippen LogP contribution in [0.4, 0.5) is 8.78 Å². The van der Waals surface area contributed by atoms with E-state index in [4.69, 9.17) is 11.6 Å². The van der Waals surface area contributed by atoms with Gasteiger partial charge in [-0.05, 0) is 6.42 Å². The van der Waals surface area contributed by atoms with Gasteiger partial charge in [-0.3, -0.25) is 0 Å². The fraction of sp³-hybridized carbons (Fsp3) is 0.500. The number of halogens is 3. The smallest absolute Gasteiger partial charge is 0.165 e. The van der Waals surface area contributed by atoms with E-state index in [1.807, 2.05) is 6.92 Å². The number of hydrogen-bond donors (Lipinski definition) is 2. The molecule has 1 atom stereocenters. The van der Waals surface area contributed by atoms with Crippen LogP contribution in [0.1, 0.15) is 19.0 Å². The third kappa shape index (κ3) is 3.66. The molecule has 0 saturated carbocycles. The summed E-state index contributed by atoms with van der Waals surface area (Å²) < 4.78 is 25.9. The lowest BCUT2D eigenvalue weighted by molar-refractivity contribution is 0.167. The predicted molar refractivity (Wildman–Crippen MR) is 57.2 cm³/mol. The zero-order valence-electron chi connectivity index (χ0n) is 8.80. The van der Waals surface area contributed by atoms with Crippen molar-refractivity contribution in [3.8, 4) is 0 Å². The average Bonchev–Trinajstić information content (AvgIpc) is 2.25. The molecule has 1 heterocycles. The van der Waals surface area contributed by atoms with Gasteiger partial charge in [0.2, 0.25) is 0 Å². The van der Waals surface area contributed by atoms with Crippen molar-refractivity contribution in [2.45, 2.75) is 26.0 Å². The Morgan fingerprint density at radius 3 is 2.81 bits per heavy atom. The lowest BCUT2D eigenvalue weighted by Crippen LogP contribution is -2.26. The Bertz CT molecular complexity index is 363. The number of aliphatic hydroxyl groups is 1. The highest BCUT2D eigenvalue weighted by atomic mass is 35.5. The van der Waals surface area contributed by atoms with E-state index in [9.17, 15) is 13.9 Å². The molecular weight excluding hydrogens is 238 g/mol. The Kier molecular flexibility index (Phi) is 5.05. The summed E-state index contributed by atoms with van der Waals surface area (Å²) in [6.45, 7) is 2.26. The molecule has 1 aromatic rings. The molecule has 1 unspecified atom stereocenters. The Morgan fingerprint density at radius 1 is 1.50 bits per heavy atom. The van der Waals surface area contributed by atoms with Gasteiger partial charge < -0.3 is 10.4 Å². The Balaban J connectivity index is 2.57. The first-order valence-corrected chi connectivity index (χ1v) is 5.31. The number of aliphatic hydroxyl groups excluding tert-OH is 1. The van der Waals surface area contributed by atoms with E-state index in [-0.39, 0.29) is 17.4 Å². The van der Waals surface area contributed by atoms with Crippen LogP contribution in [-0.4, -0.2) is 22.7 Å². The number of nitrogens with zero attached hydrogens (tertiary/aromatic N) is 1. The SMILES string of the molecule is CCC(O)CNCc1nc(Cl)c(F)cc1F. The van der Waals surface area contributed by atoms with Crippen LogP contribution in [0, 0.1) is 11.6 Å². The van der Waals surface area contributed by atoms with E-state index < -0.39 is 17.7 Å². The second kappa shape index (κ2) is 6.08. The number of nitrogens with one attached hydrogen (secondary N) is 1. The first-order valence-electron chi connectivity index (χ1n) is 4.93. The summed E-state index contributed by atoms with van der Waals surface area (Å²) in [6, 6.07) is 0.697. The van der Waals surface area contributed by atoms with Crippen LogP contribution in [0.5, 0.6) is 0 Å². The van der Waals surface area contributed by atoms with Crippen LogP contribution in [0.15, 0.2) is 6.07 Å². The Hall–Kier alpha value is -0.780. The first-order chi connectivity index (χ1) is 7.54. The van der Waals surface area contributed by atoms with Crippen molar-refractivity contribution in [3.05, 3.63) is 28.5 Å². The van der Waals surface area contributed by atoms with E-state index in [2.05, 4.69) is 10.3 Å². The van der Waals surface area contributed by atoms with Crippen LogP contribution < -0.4 is 5.32 Å². The molecule has 0 aliphatic rings. The fourth-order valence-electron chi connectivity index (χ4n) is 1.10. The number of hydrogen-bond acceptors (Lipinski definition) is 3. The molecule has 0 saturated heterocycles. The van der Waals surface area contributed by atoms with Gasteiger partial charge in [-0.1, -0.05) is 18.5 Å². The minimum absolute atomic E-state index is 0.0368. The van der Waals surface area contributed by atoms with Crippen molar-refractivity contribution in [2.75, 3.05) is 6.54 Å². The zero-order valence-corrected chi connectivity index (χ0v) is 9.56. The van der Waals surface area contributed by atoms with Crippen LogP contribution in [-0.2, 0) is 6.54 Å². The molecule has 90 valence electrons. The molecule has 0 aromatic carbocycles. The zero-order chi connectivity index (χ0) is 12.1. The highest BCUT2D eigenvalue weighted by Gasteiger charge is 2.10. The molecule has 0 aliphatic heterocycles. The van der Waals surface area contributed by atoms with Gasteiger partial charge in [0.15, 0.2) is 11.0 Å². The maximum atomic E-state index is 13.2. The van der Waals surface area contributed by atoms with Crippen LogP contribution in [0.2, 0.25) is 5.15 Å². The molecule has 0 bridgehead atoms. The van der Waals surface area contributed by atoms with Gasteiger partial charge in [0.1, 0.15) is 5.82 Å². The maximum absolute atomic E-state index is 13.2. The molecule has 0 spiro atoms. The van der Waals surface area contributed by atoms with E-state index in [0.29, 0.717) is 19.0 Å². The van der Waals surface area contributed by atoms with Gasteiger partial charge >= 0.3 is 0 Å². The summed E-state index contributed by atoms with van der Waals surface area (Å²) in [4.78, 5) is 3.57. The highest BCUT2D eigenvalue weighted by molar-refractivity contribution is 6.29. The standard InChI is InChI=1S/C10H13ClF2N2O/c1-2-6(16)4-14-5-9-7(12)3-8(13)10(11)15-9/h3,6,14,16H,2,4-5H2,1H3. The third-order valence-corrected chi connectivity index (χ3v) is 2.37. The second-order valence-electron chi connectivity index (χ2n) is 3.38. The van der Waals surface area contributed by atoms with Crippen LogP contribution in [0.3, 0.4) is 0 Å². The molecule has 0 fully saturated rings. The van der Waals surface area contributed by atoms with Gasteiger partial charge in [-0.15, -0.1) is 0 Å². The normalized spacial score (nSPS) is 12.8. The quantitative estimate of drug-likeness (QED) is 0.785. The minimum atomic E-state index is -0.878. The number of rotatable bonds is 5. The monoisotopic (exact) mass is 250 g/mol. The van der Waals surface area contributed by atoms with Crippen molar-refractivity contribution in [1.82, 2.24) is 10.3 Å². The van der Waals surface area contributed by atoms with Crippen molar-refractivity contribution < 1.29 is 13.9 Å². The molecular formula is C10H13ClF2N2O. The van der Waals surface area contributed by atoms with Gasteiger partial charge in [-0.2, -0.15) is 0 Å². The molecule has 0 aliphatic carbocycles. The number of aromatic nitrogens is 1. The predicted octanol–water partition coefficient (Wildman–Crippen LogP) is 1.87. The molecule has 1 rings (SSSR count). The lowest BCUT2D eigenvalue weighted by atomic mass is 10.2. The summed E-state index contributed by atoms with van der Waals surface area (Å²) in [5.74, 6) is -1.63. The van der Waals surface area contributed by atoms with Crippen molar-refractivity contribution in [3.63, 3.8) is 0 Å². The van der Waals surface area contributed by atoms with Gasteiger partial charge in [0.05, 0.1) is 11.8 Å². The van der Waals surface area contributed by atoms with Gasteiger partial charge in [0, 0.05) is 19.2 Å². The molecule has 3 nitrogen and oxygen atoms in total.